The van der Waals surface area contributed by atoms with Gasteiger partial charge in [0.05, 0.1) is 12.3 Å². The van der Waals surface area contributed by atoms with Gasteiger partial charge in [-0.1, -0.05) is 12.8 Å². The Balaban J connectivity index is 1.45. The lowest BCUT2D eigenvalue weighted by molar-refractivity contribution is 0.0612. The summed E-state index contributed by atoms with van der Waals surface area (Å²) in [6.45, 7) is 5.73. The van der Waals surface area contributed by atoms with E-state index >= 15 is 0 Å². The summed E-state index contributed by atoms with van der Waals surface area (Å²) in [5.74, 6) is 2.03. The Morgan fingerprint density at radius 1 is 1.30 bits per heavy atom. The molecule has 1 aromatic rings. The summed E-state index contributed by atoms with van der Waals surface area (Å²) in [7, 11) is 0. The molecule has 3 unspecified atom stereocenters. The number of piperidine rings is 1. The van der Waals surface area contributed by atoms with Crippen LogP contribution in [0.2, 0.25) is 0 Å². The molecule has 3 rings (SSSR count). The molecule has 3 nitrogen and oxygen atoms in total. The highest BCUT2D eigenvalue weighted by molar-refractivity contribution is 5.02. The zero-order valence-corrected chi connectivity index (χ0v) is 12.7. The first-order valence-electron chi connectivity index (χ1n) is 8.35. The lowest BCUT2D eigenvalue weighted by Crippen LogP contribution is -2.48. The van der Waals surface area contributed by atoms with Crippen molar-refractivity contribution < 1.29 is 4.42 Å². The van der Waals surface area contributed by atoms with Crippen molar-refractivity contribution in [2.75, 3.05) is 19.6 Å². The van der Waals surface area contributed by atoms with E-state index in [1.54, 1.807) is 6.26 Å². The molecule has 1 saturated heterocycles. The van der Waals surface area contributed by atoms with Crippen LogP contribution < -0.4 is 5.32 Å². The molecule has 20 heavy (non-hydrogen) atoms. The van der Waals surface area contributed by atoms with Crippen LogP contribution in [0.4, 0.5) is 0 Å². The van der Waals surface area contributed by atoms with Gasteiger partial charge in [0.1, 0.15) is 5.76 Å². The third-order valence-corrected chi connectivity index (χ3v) is 5.18. The van der Waals surface area contributed by atoms with Gasteiger partial charge in [0.2, 0.25) is 0 Å². The minimum atomic E-state index is 0.317. The second-order valence-corrected chi connectivity index (χ2v) is 6.48. The molecule has 1 aromatic heterocycles. The van der Waals surface area contributed by atoms with Crippen molar-refractivity contribution >= 4 is 0 Å². The van der Waals surface area contributed by atoms with Gasteiger partial charge >= 0.3 is 0 Å². The van der Waals surface area contributed by atoms with E-state index in [2.05, 4.69) is 23.2 Å². The average Bonchev–Trinajstić information content (AvgIpc) is 3.02. The van der Waals surface area contributed by atoms with Crippen LogP contribution in [0.15, 0.2) is 22.8 Å². The van der Waals surface area contributed by atoms with Crippen LogP contribution in [0.25, 0.3) is 0 Å². The highest BCUT2D eigenvalue weighted by atomic mass is 16.3. The van der Waals surface area contributed by atoms with Gasteiger partial charge in [-0.05, 0) is 57.2 Å². The van der Waals surface area contributed by atoms with Crippen LogP contribution in [0.1, 0.15) is 57.3 Å². The molecule has 0 spiro atoms. The van der Waals surface area contributed by atoms with Crippen LogP contribution >= 0.6 is 0 Å². The number of nitrogens with zero attached hydrogens (tertiary/aromatic N) is 1. The largest absolute Gasteiger partial charge is 0.468 e. The van der Waals surface area contributed by atoms with E-state index in [0.29, 0.717) is 6.04 Å². The van der Waals surface area contributed by atoms with Gasteiger partial charge in [0, 0.05) is 19.1 Å². The first-order chi connectivity index (χ1) is 9.84. The third-order valence-electron chi connectivity index (χ3n) is 5.18. The number of fused-ring (bicyclic) bond motifs is 1. The fourth-order valence-electron chi connectivity index (χ4n) is 4.07. The molecular weight excluding hydrogens is 248 g/mol. The van der Waals surface area contributed by atoms with E-state index in [0.717, 1.165) is 24.3 Å². The SMILES string of the molecule is CC(NCCN1CCCC2CCCCC21)c1ccco1. The first-order valence-corrected chi connectivity index (χ1v) is 8.35. The van der Waals surface area contributed by atoms with Crippen LogP contribution in [-0.4, -0.2) is 30.6 Å². The topological polar surface area (TPSA) is 28.4 Å². The number of hydrogen-bond donors (Lipinski definition) is 1. The fraction of sp³-hybridized carbons (Fsp3) is 0.765. The average molecular weight is 276 g/mol. The van der Waals surface area contributed by atoms with E-state index < -0.39 is 0 Å². The van der Waals surface area contributed by atoms with E-state index in [4.69, 9.17) is 4.42 Å². The molecule has 3 heteroatoms. The maximum atomic E-state index is 5.45. The summed E-state index contributed by atoms with van der Waals surface area (Å²) >= 11 is 0. The highest BCUT2D eigenvalue weighted by Crippen LogP contribution is 2.34. The molecule has 0 radical (unpaired) electrons. The Morgan fingerprint density at radius 2 is 2.15 bits per heavy atom. The Bertz CT molecular complexity index is 388. The molecule has 2 fully saturated rings. The number of furan rings is 1. The summed E-state index contributed by atoms with van der Waals surface area (Å²) in [5, 5.41) is 3.59. The van der Waals surface area contributed by atoms with Crippen molar-refractivity contribution in [1.82, 2.24) is 10.2 Å². The molecule has 1 saturated carbocycles. The number of likely N-dealkylation sites (tertiary alicyclic amines) is 1. The standard InChI is InChI=1S/C17H28N2O/c1-14(17-9-5-13-20-17)18-10-12-19-11-4-7-15-6-2-3-8-16(15)19/h5,9,13-16,18H,2-4,6-8,10-12H2,1H3. The number of hydrogen-bond acceptors (Lipinski definition) is 3. The number of nitrogens with one attached hydrogen (secondary N) is 1. The van der Waals surface area contributed by atoms with Gasteiger partial charge in [0.15, 0.2) is 0 Å². The normalized spacial score (nSPS) is 29.1. The Labute approximate surface area is 122 Å². The quantitative estimate of drug-likeness (QED) is 0.891. The maximum absolute atomic E-state index is 5.45. The molecular formula is C17H28N2O. The molecule has 1 aliphatic heterocycles. The van der Waals surface area contributed by atoms with Crippen LogP contribution in [0.5, 0.6) is 0 Å². The zero-order chi connectivity index (χ0) is 13.8. The molecule has 0 bridgehead atoms. The van der Waals surface area contributed by atoms with Gasteiger partial charge in [-0.15, -0.1) is 0 Å². The fourth-order valence-corrected chi connectivity index (χ4v) is 4.07. The van der Waals surface area contributed by atoms with Crippen LogP contribution in [0, 0.1) is 5.92 Å². The lowest BCUT2D eigenvalue weighted by atomic mass is 9.78. The second-order valence-electron chi connectivity index (χ2n) is 6.48. The van der Waals surface area contributed by atoms with E-state index in [1.807, 2.05) is 6.07 Å². The molecule has 3 atom stereocenters. The molecule has 0 amide bonds. The van der Waals surface area contributed by atoms with E-state index in [-0.39, 0.29) is 0 Å². The summed E-state index contributed by atoms with van der Waals surface area (Å²) < 4.78 is 5.45. The summed E-state index contributed by atoms with van der Waals surface area (Å²) in [6.07, 6.45) is 10.4. The predicted molar refractivity (Wildman–Crippen MR) is 81.7 cm³/mol. The van der Waals surface area contributed by atoms with Crippen LogP contribution in [-0.2, 0) is 0 Å². The monoisotopic (exact) mass is 276 g/mol. The Kier molecular flexibility index (Phi) is 4.79. The predicted octanol–water partition coefficient (Wildman–Crippen LogP) is 3.58. The highest BCUT2D eigenvalue weighted by Gasteiger charge is 2.32. The molecule has 1 aliphatic carbocycles. The molecule has 112 valence electrons. The number of rotatable bonds is 5. The lowest BCUT2D eigenvalue weighted by Gasteiger charge is -2.44. The van der Waals surface area contributed by atoms with Crippen molar-refractivity contribution in [3.8, 4) is 0 Å². The third kappa shape index (κ3) is 3.26. The molecule has 0 aromatic carbocycles. The van der Waals surface area contributed by atoms with Crippen molar-refractivity contribution in [3.05, 3.63) is 24.2 Å². The van der Waals surface area contributed by atoms with Gasteiger partial charge in [-0.25, -0.2) is 0 Å². The summed E-state index contributed by atoms with van der Waals surface area (Å²) in [6, 6.07) is 5.20. The van der Waals surface area contributed by atoms with E-state index in [9.17, 15) is 0 Å². The summed E-state index contributed by atoms with van der Waals surface area (Å²) in [4.78, 5) is 2.75. The van der Waals surface area contributed by atoms with Crippen molar-refractivity contribution in [2.45, 2.75) is 57.5 Å². The smallest absolute Gasteiger partial charge is 0.120 e. The second kappa shape index (κ2) is 6.77. The maximum Gasteiger partial charge on any atom is 0.120 e. The zero-order valence-electron chi connectivity index (χ0n) is 12.7. The summed E-state index contributed by atoms with van der Waals surface area (Å²) in [5.41, 5.74) is 0. The minimum absolute atomic E-state index is 0.317. The minimum Gasteiger partial charge on any atom is -0.468 e. The Hall–Kier alpha value is -0.800. The van der Waals surface area contributed by atoms with Gasteiger partial charge in [-0.2, -0.15) is 0 Å². The van der Waals surface area contributed by atoms with E-state index in [1.165, 1.54) is 51.6 Å². The van der Waals surface area contributed by atoms with Crippen molar-refractivity contribution in [2.24, 2.45) is 5.92 Å². The Morgan fingerprint density at radius 3 is 3.00 bits per heavy atom. The first kappa shape index (κ1) is 14.2. The molecule has 1 N–H and O–H groups in total. The van der Waals surface area contributed by atoms with Crippen molar-refractivity contribution in [3.63, 3.8) is 0 Å². The van der Waals surface area contributed by atoms with Gasteiger partial charge in [-0.3, -0.25) is 4.90 Å². The van der Waals surface area contributed by atoms with Crippen LogP contribution in [0.3, 0.4) is 0 Å². The molecule has 2 aliphatic rings. The van der Waals surface area contributed by atoms with Gasteiger partial charge < -0.3 is 9.73 Å². The molecule has 2 heterocycles. The van der Waals surface area contributed by atoms with Gasteiger partial charge in [0.25, 0.3) is 0 Å². The van der Waals surface area contributed by atoms with Crippen molar-refractivity contribution in [1.29, 1.82) is 0 Å².